The molecule has 1 saturated heterocycles. The minimum Gasteiger partial charge on any atom is -0.376 e. The molecule has 27 heavy (non-hydrogen) atoms. The van der Waals surface area contributed by atoms with E-state index in [-0.39, 0.29) is 12.0 Å². The van der Waals surface area contributed by atoms with Gasteiger partial charge in [-0.25, -0.2) is 9.37 Å². The zero-order valence-electron chi connectivity index (χ0n) is 15.4. The predicted molar refractivity (Wildman–Crippen MR) is 106 cm³/mol. The fourth-order valence-electron chi connectivity index (χ4n) is 3.30. The highest BCUT2D eigenvalue weighted by molar-refractivity contribution is 7.22. The van der Waals surface area contributed by atoms with Crippen LogP contribution in [0.1, 0.15) is 34.3 Å². The number of hydrogen-bond acceptors (Lipinski definition) is 4. The molecule has 0 spiro atoms. The molecular weight excluding hydrogens is 363 g/mol. The first-order chi connectivity index (χ1) is 13.0. The lowest BCUT2D eigenvalue weighted by Gasteiger charge is -2.23. The average molecular weight is 384 g/mol. The SMILES string of the molecule is Cc1cc2nc(N(CC3CCCO3)C(=O)c3cccc(F)c3)sc2cc1C. The molecule has 1 unspecified atom stereocenters. The predicted octanol–water partition coefficient (Wildman–Crippen LogP) is 4.88. The lowest BCUT2D eigenvalue weighted by Crippen LogP contribution is -2.37. The van der Waals surface area contributed by atoms with Crippen molar-refractivity contribution in [3.63, 3.8) is 0 Å². The maximum absolute atomic E-state index is 13.6. The number of nitrogens with zero attached hydrogens (tertiary/aromatic N) is 2. The van der Waals surface area contributed by atoms with Gasteiger partial charge >= 0.3 is 0 Å². The van der Waals surface area contributed by atoms with Crippen molar-refractivity contribution in [2.24, 2.45) is 0 Å². The first kappa shape index (κ1) is 18.1. The monoisotopic (exact) mass is 384 g/mol. The number of ether oxygens (including phenoxy) is 1. The molecule has 1 aliphatic rings. The Bertz CT molecular complexity index is 956. The standard InChI is InChI=1S/C21H21FN2O2S/c1-13-9-18-19(10-14(13)2)27-21(23-18)24(12-17-7-4-8-26-17)20(25)15-5-3-6-16(22)11-15/h3,5-6,9-11,17H,4,7-8,12H2,1-2H3. The Morgan fingerprint density at radius 3 is 2.85 bits per heavy atom. The number of fused-ring (bicyclic) bond motifs is 1. The Morgan fingerprint density at radius 1 is 1.30 bits per heavy atom. The van der Waals surface area contributed by atoms with E-state index in [4.69, 9.17) is 9.72 Å². The minimum atomic E-state index is -0.423. The molecule has 1 aromatic heterocycles. The number of aromatic nitrogens is 1. The van der Waals surface area contributed by atoms with Gasteiger partial charge in [0.05, 0.1) is 22.9 Å². The van der Waals surface area contributed by atoms with Crippen molar-refractivity contribution in [2.75, 3.05) is 18.1 Å². The molecular formula is C21H21FN2O2S. The fraction of sp³-hybridized carbons (Fsp3) is 0.333. The maximum Gasteiger partial charge on any atom is 0.260 e. The number of amides is 1. The molecule has 140 valence electrons. The second-order valence-corrected chi connectivity index (χ2v) is 7.97. The van der Waals surface area contributed by atoms with Crippen molar-refractivity contribution in [1.82, 2.24) is 4.98 Å². The van der Waals surface area contributed by atoms with E-state index < -0.39 is 5.82 Å². The minimum absolute atomic E-state index is 0.0157. The van der Waals surface area contributed by atoms with E-state index in [9.17, 15) is 9.18 Å². The van der Waals surface area contributed by atoms with E-state index in [2.05, 4.69) is 19.9 Å². The van der Waals surface area contributed by atoms with Crippen molar-refractivity contribution in [2.45, 2.75) is 32.8 Å². The van der Waals surface area contributed by atoms with E-state index in [1.165, 1.54) is 34.6 Å². The van der Waals surface area contributed by atoms with Gasteiger partial charge in [0, 0.05) is 12.2 Å². The van der Waals surface area contributed by atoms with Crippen molar-refractivity contribution in [3.05, 3.63) is 58.9 Å². The second kappa shape index (κ2) is 7.37. The van der Waals surface area contributed by atoms with Crippen LogP contribution in [0.2, 0.25) is 0 Å². The number of carbonyl (C=O) groups excluding carboxylic acids is 1. The number of benzene rings is 2. The molecule has 3 aromatic rings. The number of hydrogen-bond donors (Lipinski definition) is 0. The number of aryl methyl sites for hydroxylation is 2. The van der Waals surface area contributed by atoms with Crippen LogP contribution in [-0.4, -0.2) is 30.1 Å². The number of thiazole rings is 1. The van der Waals surface area contributed by atoms with Gasteiger partial charge in [-0.3, -0.25) is 9.69 Å². The third kappa shape index (κ3) is 3.73. The van der Waals surface area contributed by atoms with E-state index >= 15 is 0 Å². The van der Waals surface area contributed by atoms with Crippen LogP contribution in [0.4, 0.5) is 9.52 Å². The fourth-order valence-corrected chi connectivity index (χ4v) is 4.35. The first-order valence-corrected chi connectivity index (χ1v) is 9.90. The second-order valence-electron chi connectivity index (χ2n) is 6.96. The van der Waals surface area contributed by atoms with E-state index in [1.807, 2.05) is 6.07 Å². The largest absolute Gasteiger partial charge is 0.376 e. The van der Waals surface area contributed by atoms with Crippen LogP contribution in [0.3, 0.4) is 0 Å². The Kier molecular flexibility index (Phi) is 4.93. The molecule has 2 heterocycles. The van der Waals surface area contributed by atoms with Gasteiger partial charge in [0.25, 0.3) is 5.91 Å². The molecule has 0 aliphatic carbocycles. The third-order valence-electron chi connectivity index (χ3n) is 4.95. The van der Waals surface area contributed by atoms with Crippen molar-refractivity contribution in [3.8, 4) is 0 Å². The summed E-state index contributed by atoms with van der Waals surface area (Å²) in [7, 11) is 0. The Morgan fingerprint density at radius 2 is 2.11 bits per heavy atom. The zero-order chi connectivity index (χ0) is 19.0. The van der Waals surface area contributed by atoms with Crippen LogP contribution in [0.25, 0.3) is 10.2 Å². The first-order valence-electron chi connectivity index (χ1n) is 9.08. The van der Waals surface area contributed by atoms with Crippen LogP contribution in [-0.2, 0) is 4.74 Å². The maximum atomic E-state index is 13.6. The summed E-state index contributed by atoms with van der Waals surface area (Å²) in [6, 6.07) is 9.94. The van der Waals surface area contributed by atoms with E-state index in [0.29, 0.717) is 23.8 Å². The summed E-state index contributed by atoms with van der Waals surface area (Å²) in [5, 5.41) is 0.625. The topological polar surface area (TPSA) is 42.4 Å². The Balaban J connectivity index is 1.74. The molecule has 0 N–H and O–H groups in total. The van der Waals surface area contributed by atoms with Gasteiger partial charge in [-0.05, 0) is 68.1 Å². The number of rotatable bonds is 4. The van der Waals surface area contributed by atoms with Gasteiger partial charge in [0.15, 0.2) is 5.13 Å². The number of anilines is 1. The lowest BCUT2D eigenvalue weighted by molar-refractivity contribution is 0.0917. The lowest BCUT2D eigenvalue weighted by atomic mass is 10.1. The molecule has 4 nitrogen and oxygen atoms in total. The van der Waals surface area contributed by atoms with Gasteiger partial charge < -0.3 is 4.74 Å². The number of carbonyl (C=O) groups is 1. The van der Waals surface area contributed by atoms with Crippen LogP contribution in [0, 0.1) is 19.7 Å². The molecule has 1 fully saturated rings. The highest BCUT2D eigenvalue weighted by Gasteiger charge is 2.27. The molecule has 0 radical (unpaired) electrons. The molecule has 6 heteroatoms. The zero-order valence-corrected chi connectivity index (χ0v) is 16.2. The Labute approximate surface area is 161 Å². The highest BCUT2D eigenvalue weighted by Crippen LogP contribution is 2.32. The normalized spacial score (nSPS) is 16.8. The summed E-state index contributed by atoms with van der Waals surface area (Å²) < 4.78 is 20.4. The smallest absolute Gasteiger partial charge is 0.260 e. The van der Waals surface area contributed by atoms with Gasteiger partial charge in [0.2, 0.25) is 0 Å². The third-order valence-corrected chi connectivity index (χ3v) is 5.99. The Hall–Kier alpha value is -2.31. The van der Waals surface area contributed by atoms with E-state index in [0.717, 1.165) is 23.1 Å². The van der Waals surface area contributed by atoms with Crippen molar-refractivity contribution in [1.29, 1.82) is 0 Å². The van der Waals surface area contributed by atoms with Gasteiger partial charge in [-0.2, -0.15) is 0 Å². The van der Waals surface area contributed by atoms with Gasteiger partial charge in [-0.1, -0.05) is 17.4 Å². The van der Waals surface area contributed by atoms with Crippen LogP contribution in [0.5, 0.6) is 0 Å². The van der Waals surface area contributed by atoms with Crippen molar-refractivity contribution < 1.29 is 13.9 Å². The van der Waals surface area contributed by atoms with Crippen molar-refractivity contribution >= 4 is 32.6 Å². The summed E-state index contributed by atoms with van der Waals surface area (Å²) in [6.45, 7) is 5.25. The molecule has 0 bridgehead atoms. The average Bonchev–Trinajstić information content (AvgIpc) is 3.29. The summed E-state index contributed by atoms with van der Waals surface area (Å²) >= 11 is 1.48. The summed E-state index contributed by atoms with van der Waals surface area (Å²) in [5.41, 5.74) is 3.56. The van der Waals surface area contributed by atoms with Crippen LogP contribution < -0.4 is 4.90 Å². The molecule has 2 aromatic carbocycles. The molecule has 1 atom stereocenters. The van der Waals surface area contributed by atoms with Gasteiger partial charge in [-0.15, -0.1) is 0 Å². The van der Waals surface area contributed by atoms with Gasteiger partial charge in [0.1, 0.15) is 5.82 Å². The van der Waals surface area contributed by atoms with Crippen LogP contribution in [0.15, 0.2) is 36.4 Å². The summed E-state index contributed by atoms with van der Waals surface area (Å²) in [5.74, 6) is -0.675. The summed E-state index contributed by atoms with van der Waals surface area (Å²) in [4.78, 5) is 19.5. The molecule has 4 rings (SSSR count). The molecule has 1 aliphatic heterocycles. The van der Waals surface area contributed by atoms with Crippen LogP contribution >= 0.6 is 11.3 Å². The highest BCUT2D eigenvalue weighted by atomic mass is 32.1. The number of halogens is 1. The van der Waals surface area contributed by atoms with E-state index in [1.54, 1.807) is 17.0 Å². The molecule has 0 saturated carbocycles. The summed E-state index contributed by atoms with van der Waals surface area (Å²) in [6.07, 6.45) is 1.89. The molecule has 1 amide bonds. The quantitative estimate of drug-likeness (QED) is 0.644.